The Balaban J connectivity index is 1.74. The van der Waals surface area contributed by atoms with E-state index >= 15 is 0 Å². The zero-order chi connectivity index (χ0) is 18.5. The van der Waals surface area contributed by atoms with E-state index in [0.717, 1.165) is 0 Å². The molecular formula is C18H18N4O4. The summed E-state index contributed by atoms with van der Waals surface area (Å²) < 4.78 is 15.5. The minimum absolute atomic E-state index is 0.317. The first-order valence-electron chi connectivity index (χ1n) is 7.79. The molecule has 26 heavy (non-hydrogen) atoms. The van der Waals surface area contributed by atoms with E-state index in [2.05, 4.69) is 20.8 Å². The lowest BCUT2D eigenvalue weighted by atomic mass is 10.1. The Labute approximate surface area is 150 Å². The Morgan fingerprint density at radius 3 is 2.35 bits per heavy atom. The number of benzene rings is 1. The van der Waals surface area contributed by atoms with E-state index in [4.69, 9.17) is 14.0 Å². The van der Waals surface area contributed by atoms with Gasteiger partial charge in [0.15, 0.2) is 5.82 Å². The molecule has 2 N–H and O–H groups in total. The molecule has 0 aliphatic rings. The van der Waals surface area contributed by atoms with Gasteiger partial charge in [0.2, 0.25) is 0 Å². The van der Waals surface area contributed by atoms with Gasteiger partial charge in [-0.25, -0.2) is 4.98 Å². The van der Waals surface area contributed by atoms with Crippen molar-refractivity contribution in [3.8, 4) is 11.5 Å². The first kappa shape index (κ1) is 17.3. The van der Waals surface area contributed by atoms with E-state index in [-0.39, 0.29) is 5.91 Å². The standard InChI is InChI=1S/C18H18N4O4/c1-11-9-16(22-26-11)21-15-8-7-12(10-19-15)20-18(23)17-13(24-2)5-4-6-14(17)25-3/h4-10H,1-3H3,(H,20,23)(H,19,21,22). The Morgan fingerprint density at radius 1 is 1.08 bits per heavy atom. The fraction of sp³-hybridized carbons (Fsp3) is 0.167. The van der Waals surface area contributed by atoms with Crippen LogP contribution in [0.15, 0.2) is 47.1 Å². The van der Waals surface area contributed by atoms with Gasteiger partial charge in [-0.05, 0) is 31.2 Å². The first-order chi connectivity index (χ1) is 12.6. The predicted molar refractivity (Wildman–Crippen MR) is 96.3 cm³/mol. The van der Waals surface area contributed by atoms with Crippen molar-refractivity contribution in [2.24, 2.45) is 0 Å². The summed E-state index contributed by atoms with van der Waals surface area (Å²) in [5.41, 5.74) is 0.850. The average Bonchev–Trinajstić information content (AvgIpc) is 3.07. The summed E-state index contributed by atoms with van der Waals surface area (Å²) in [6, 6.07) is 10.3. The molecular weight excluding hydrogens is 336 g/mol. The molecule has 0 aliphatic carbocycles. The number of hydrogen-bond acceptors (Lipinski definition) is 7. The third-order valence-corrected chi connectivity index (χ3v) is 3.56. The molecule has 0 saturated heterocycles. The van der Waals surface area contributed by atoms with Gasteiger partial charge >= 0.3 is 0 Å². The van der Waals surface area contributed by atoms with Crippen LogP contribution in [-0.2, 0) is 0 Å². The summed E-state index contributed by atoms with van der Waals surface area (Å²) in [5.74, 6) is 2.33. The monoisotopic (exact) mass is 354 g/mol. The number of hydrogen-bond donors (Lipinski definition) is 2. The number of nitrogens with one attached hydrogen (secondary N) is 2. The summed E-state index contributed by atoms with van der Waals surface area (Å²) in [7, 11) is 3.00. The number of ether oxygens (including phenoxy) is 2. The van der Waals surface area contributed by atoms with Crippen LogP contribution in [0.25, 0.3) is 0 Å². The van der Waals surface area contributed by atoms with Gasteiger partial charge in [-0.3, -0.25) is 4.79 Å². The van der Waals surface area contributed by atoms with Crippen LogP contribution in [0, 0.1) is 6.92 Å². The zero-order valence-corrected chi connectivity index (χ0v) is 14.6. The molecule has 0 aliphatic heterocycles. The van der Waals surface area contributed by atoms with Crippen LogP contribution in [0.3, 0.4) is 0 Å². The zero-order valence-electron chi connectivity index (χ0n) is 14.6. The van der Waals surface area contributed by atoms with E-state index in [9.17, 15) is 4.79 Å². The van der Waals surface area contributed by atoms with Gasteiger partial charge in [0.05, 0.1) is 26.1 Å². The Bertz CT molecular complexity index is 884. The molecule has 8 nitrogen and oxygen atoms in total. The molecule has 3 rings (SSSR count). The lowest BCUT2D eigenvalue weighted by Gasteiger charge is -2.13. The number of aryl methyl sites for hydroxylation is 1. The quantitative estimate of drug-likeness (QED) is 0.700. The number of rotatable bonds is 6. The van der Waals surface area contributed by atoms with Crippen LogP contribution >= 0.6 is 0 Å². The summed E-state index contributed by atoms with van der Waals surface area (Å²) in [5, 5.41) is 9.62. The minimum atomic E-state index is -0.353. The predicted octanol–water partition coefficient (Wildman–Crippen LogP) is 3.39. The van der Waals surface area contributed by atoms with Gasteiger partial charge in [-0.15, -0.1) is 0 Å². The van der Waals surface area contributed by atoms with E-state index in [1.165, 1.54) is 20.4 Å². The number of carbonyl (C=O) groups excluding carboxylic acids is 1. The van der Waals surface area contributed by atoms with Gasteiger partial charge < -0.3 is 24.6 Å². The molecule has 2 heterocycles. The fourth-order valence-corrected chi connectivity index (χ4v) is 2.37. The van der Waals surface area contributed by atoms with Crippen molar-refractivity contribution in [1.82, 2.24) is 10.1 Å². The molecule has 1 aromatic carbocycles. The van der Waals surface area contributed by atoms with Gasteiger partial charge in [-0.1, -0.05) is 11.2 Å². The Kier molecular flexibility index (Phi) is 5.02. The number of amides is 1. The fourth-order valence-electron chi connectivity index (χ4n) is 2.37. The maximum Gasteiger partial charge on any atom is 0.263 e. The van der Waals surface area contributed by atoms with E-state index < -0.39 is 0 Å². The third-order valence-electron chi connectivity index (χ3n) is 3.56. The highest BCUT2D eigenvalue weighted by atomic mass is 16.5. The van der Waals surface area contributed by atoms with Gasteiger partial charge in [0.1, 0.15) is 28.6 Å². The van der Waals surface area contributed by atoms with Crippen LogP contribution in [0.2, 0.25) is 0 Å². The van der Waals surface area contributed by atoms with Crippen LogP contribution in [0.5, 0.6) is 11.5 Å². The third kappa shape index (κ3) is 3.75. The summed E-state index contributed by atoms with van der Waals surface area (Å²) in [6.07, 6.45) is 1.54. The van der Waals surface area contributed by atoms with Crippen LogP contribution in [0.4, 0.5) is 17.3 Å². The van der Waals surface area contributed by atoms with Crippen molar-refractivity contribution in [3.05, 3.63) is 53.9 Å². The number of methoxy groups -OCH3 is 2. The van der Waals surface area contributed by atoms with E-state index in [1.807, 2.05) is 0 Å². The van der Waals surface area contributed by atoms with Crippen molar-refractivity contribution in [2.75, 3.05) is 24.9 Å². The molecule has 0 spiro atoms. The summed E-state index contributed by atoms with van der Waals surface area (Å²) in [4.78, 5) is 16.9. The molecule has 134 valence electrons. The van der Waals surface area contributed by atoms with E-state index in [0.29, 0.717) is 40.1 Å². The molecule has 8 heteroatoms. The minimum Gasteiger partial charge on any atom is -0.496 e. The lowest BCUT2D eigenvalue weighted by molar-refractivity contribution is 0.102. The van der Waals surface area contributed by atoms with Gasteiger partial charge in [-0.2, -0.15) is 0 Å². The normalized spacial score (nSPS) is 10.3. The van der Waals surface area contributed by atoms with Crippen LogP contribution < -0.4 is 20.1 Å². The van der Waals surface area contributed by atoms with E-state index in [1.54, 1.807) is 43.3 Å². The highest BCUT2D eigenvalue weighted by Gasteiger charge is 2.18. The molecule has 0 fully saturated rings. The molecule has 3 aromatic rings. The largest absolute Gasteiger partial charge is 0.496 e. The number of anilines is 3. The number of aromatic nitrogens is 2. The van der Waals surface area contributed by atoms with Crippen LogP contribution in [-0.4, -0.2) is 30.3 Å². The van der Waals surface area contributed by atoms with Crippen molar-refractivity contribution in [3.63, 3.8) is 0 Å². The Hall–Kier alpha value is -3.55. The van der Waals surface area contributed by atoms with Crippen molar-refractivity contribution >= 4 is 23.2 Å². The lowest BCUT2D eigenvalue weighted by Crippen LogP contribution is -2.14. The second-order valence-corrected chi connectivity index (χ2v) is 5.37. The molecule has 0 bridgehead atoms. The second-order valence-electron chi connectivity index (χ2n) is 5.37. The van der Waals surface area contributed by atoms with Gasteiger partial charge in [0, 0.05) is 6.07 Å². The van der Waals surface area contributed by atoms with Crippen molar-refractivity contribution in [2.45, 2.75) is 6.92 Å². The van der Waals surface area contributed by atoms with Crippen molar-refractivity contribution in [1.29, 1.82) is 0 Å². The number of carbonyl (C=O) groups is 1. The molecule has 0 unspecified atom stereocenters. The second kappa shape index (κ2) is 7.56. The highest BCUT2D eigenvalue weighted by molar-refractivity contribution is 6.08. The maximum absolute atomic E-state index is 12.6. The van der Waals surface area contributed by atoms with Crippen molar-refractivity contribution < 1.29 is 18.8 Å². The van der Waals surface area contributed by atoms with Gasteiger partial charge in [0.25, 0.3) is 5.91 Å². The highest BCUT2D eigenvalue weighted by Crippen LogP contribution is 2.29. The smallest absolute Gasteiger partial charge is 0.263 e. The first-order valence-corrected chi connectivity index (χ1v) is 7.79. The van der Waals surface area contributed by atoms with Crippen LogP contribution in [0.1, 0.15) is 16.1 Å². The summed E-state index contributed by atoms with van der Waals surface area (Å²) in [6.45, 7) is 1.80. The topological polar surface area (TPSA) is 98.5 Å². The average molecular weight is 354 g/mol. The molecule has 2 aromatic heterocycles. The number of pyridine rings is 1. The molecule has 0 radical (unpaired) electrons. The summed E-state index contributed by atoms with van der Waals surface area (Å²) >= 11 is 0. The Morgan fingerprint density at radius 2 is 1.81 bits per heavy atom. The number of nitrogens with zero attached hydrogens (tertiary/aromatic N) is 2. The molecule has 1 amide bonds. The maximum atomic E-state index is 12.6. The SMILES string of the molecule is COc1cccc(OC)c1C(=O)Nc1ccc(Nc2cc(C)on2)nc1. The molecule has 0 atom stereocenters. The molecule has 0 saturated carbocycles.